The molecule has 0 saturated heterocycles. The normalized spacial score (nSPS) is 11.2. The van der Waals surface area contributed by atoms with E-state index in [-0.39, 0.29) is 5.56 Å². The first-order valence-corrected chi connectivity index (χ1v) is 10.7. The first kappa shape index (κ1) is 18.7. The number of nitrogens with zero attached hydrogens (tertiary/aromatic N) is 5. The molecular weight excluding hydrogens is 394 g/mol. The second-order valence-electron chi connectivity index (χ2n) is 6.18. The van der Waals surface area contributed by atoms with Crippen LogP contribution < -0.4 is 10.3 Å². The minimum atomic E-state index is -0.0638. The average Bonchev–Trinajstić information content (AvgIpc) is 3.31. The fourth-order valence-corrected chi connectivity index (χ4v) is 4.46. The number of thiazole rings is 1. The second-order valence-corrected chi connectivity index (χ2v) is 7.99. The maximum Gasteiger partial charge on any atom is 0.258 e. The Morgan fingerprint density at radius 2 is 2.14 bits per heavy atom. The molecule has 0 spiro atoms. The van der Waals surface area contributed by atoms with Crippen molar-refractivity contribution < 1.29 is 4.74 Å². The number of ether oxygens (including phenoxy) is 1. The Balaban J connectivity index is 1.46. The Kier molecular flexibility index (Phi) is 5.45. The van der Waals surface area contributed by atoms with Gasteiger partial charge in [0.05, 0.1) is 5.69 Å². The van der Waals surface area contributed by atoms with Crippen molar-refractivity contribution in [1.29, 1.82) is 0 Å². The van der Waals surface area contributed by atoms with Crippen LogP contribution in [0, 0.1) is 6.92 Å². The lowest BCUT2D eigenvalue weighted by Gasteiger charge is -2.09. The summed E-state index contributed by atoms with van der Waals surface area (Å²) in [5, 5.41) is 11.2. The molecule has 1 aromatic carbocycles. The fraction of sp³-hybridized carbons (Fsp3) is 0.263. The molecule has 0 radical (unpaired) electrons. The molecule has 144 valence electrons. The van der Waals surface area contributed by atoms with Crippen LogP contribution in [0.5, 0.6) is 5.75 Å². The van der Waals surface area contributed by atoms with Crippen molar-refractivity contribution in [3.63, 3.8) is 0 Å². The lowest BCUT2D eigenvalue weighted by molar-refractivity contribution is 0.288. The summed E-state index contributed by atoms with van der Waals surface area (Å²) in [5.74, 6) is 2.14. The van der Waals surface area contributed by atoms with E-state index < -0.39 is 0 Å². The van der Waals surface area contributed by atoms with Crippen LogP contribution in [-0.4, -0.2) is 24.1 Å². The zero-order valence-corrected chi connectivity index (χ0v) is 17.2. The zero-order chi connectivity index (χ0) is 19.5. The minimum absolute atomic E-state index is 0.0638. The molecule has 28 heavy (non-hydrogen) atoms. The van der Waals surface area contributed by atoms with Crippen LogP contribution in [0.15, 0.2) is 51.9 Å². The van der Waals surface area contributed by atoms with Crippen molar-refractivity contribution in [3.05, 3.63) is 69.3 Å². The number of aryl methyl sites for hydroxylation is 1. The highest BCUT2D eigenvalue weighted by Gasteiger charge is 2.13. The summed E-state index contributed by atoms with van der Waals surface area (Å²) in [5.41, 5.74) is 1.82. The molecule has 0 saturated carbocycles. The Hall–Kier alpha value is -2.65. The third-order valence-corrected chi connectivity index (χ3v) is 5.93. The molecule has 4 aromatic rings. The van der Waals surface area contributed by atoms with E-state index in [0.29, 0.717) is 17.3 Å². The highest BCUT2D eigenvalue weighted by Crippen LogP contribution is 2.22. The lowest BCUT2D eigenvalue weighted by atomic mass is 10.2. The summed E-state index contributed by atoms with van der Waals surface area (Å²) in [6.45, 7) is 5.17. The Morgan fingerprint density at radius 1 is 1.25 bits per heavy atom. The number of benzene rings is 1. The molecule has 0 aliphatic heterocycles. The van der Waals surface area contributed by atoms with Crippen LogP contribution in [0.25, 0.3) is 4.96 Å². The van der Waals surface area contributed by atoms with Gasteiger partial charge in [-0.3, -0.25) is 9.20 Å². The molecule has 3 heterocycles. The van der Waals surface area contributed by atoms with Gasteiger partial charge in [0, 0.05) is 29.9 Å². The van der Waals surface area contributed by atoms with Crippen LogP contribution in [0.3, 0.4) is 0 Å². The average molecular weight is 414 g/mol. The van der Waals surface area contributed by atoms with Gasteiger partial charge in [0.1, 0.15) is 12.4 Å². The van der Waals surface area contributed by atoms with Crippen molar-refractivity contribution in [3.8, 4) is 5.75 Å². The van der Waals surface area contributed by atoms with Gasteiger partial charge in [0.25, 0.3) is 5.56 Å². The van der Waals surface area contributed by atoms with Crippen LogP contribution in [-0.2, 0) is 18.9 Å². The molecule has 9 heteroatoms. The van der Waals surface area contributed by atoms with E-state index in [1.165, 1.54) is 23.1 Å². The molecule has 0 aliphatic rings. The van der Waals surface area contributed by atoms with E-state index in [1.807, 2.05) is 48.1 Å². The topological polar surface area (TPSA) is 74.3 Å². The van der Waals surface area contributed by atoms with E-state index in [0.717, 1.165) is 34.5 Å². The van der Waals surface area contributed by atoms with Gasteiger partial charge in [-0.2, -0.15) is 0 Å². The van der Waals surface area contributed by atoms with Gasteiger partial charge in [-0.1, -0.05) is 23.9 Å². The maximum atomic E-state index is 12.1. The van der Waals surface area contributed by atoms with Crippen LogP contribution in [0.4, 0.5) is 0 Å². The predicted molar refractivity (Wildman–Crippen MR) is 110 cm³/mol. The smallest absolute Gasteiger partial charge is 0.258 e. The summed E-state index contributed by atoms with van der Waals surface area (Å²) in [7, 11) is 0. The van der Waals surface area contributed by atoms with Crippen molar-refractivity contribution in [1.82, 2.24) is 24.1 Å². The van der Waals surface area contributed by atoms with Crippen molar-refractivity contribution >= 4 is 28.1 Å². The molecule has 0 unspecified atom stereocenters. The molecule has 0 fully saturated rings. The van der Waals surface area contributed by atoms with E-state index in [9.17, 15) is 4.79 Å². The third-order valence-electron chi connectivity index (χ3n) is 4.17. The molecule has 3 aromatic heterocycles. The zero-order valence-electron chi connectivity index (χ0n) is 15.5. The van der Waals surface area contributed by atoms with E-state index >= 15 is 0 Å². The van der Waals surface area contributed by atoms with Gasteiger partial charge < -0.3 is 9.30 Å². The van der Waals surface area contributed by atoms with Crippen molar-refractivity contribution in [2.45, 2.75) is 37.9 Å². The maximum absolute atomic E-state index is 12.1. The van der Waals surface area contributed by atoms with E-state index in [1.54, 1.807) is 16.7 Å². The van der Waals surface area contributed by atoms with Gasteiger partial charge in [-0.25, -0.2) is 4.98 Å². The van der Waals surface area contributed by atoms with Gasteiger partial charge in [-0.15, -0.1) is 21.5 Å². The summed E-state index contributed by atoms with van der Waals surface area (Å²) >= 11 is 2.96. The van der Waals surface area contributed by atoms with Gasteiger partial charge in [-0.05, 0) is 31.5 Å². The fourth-order valence-electron chi connectivity index (χ4n) is 2.80. The van der Waals surface area contributed by atoms with Crippen LogP contribution in [0.2, 0.25) is 0 Å². The van der Waals surface area contributed by atoms with Crippen molar-refractivity contribution in [2.75, 3.05) is 0 Å². The van der Waals surface area contributed by atoms with E-state index in [2.05, 4.69) is 15.2 Å². The van der Waals surface area contributed by atoms with Gasteiger partial charge >= 0.3 is 0 Å². The summed E-state index contributed by atoms with van der Waals surface area (Å²) in [4.78, 5) is 17.4. The predicted octanol–water partition coefficient (Wildman–Crippen LogP) is 3.55. The number of fused-ring (bicyclic) bond motifs is 1. The van der Waals surface area contributed by atoms with E-state index in [4.69, 9.17) is 4.74 Å². The quantitative estimate of drug-likeness (QED) is 0.432. The van der Waals surface area contributed by atoms with Crippen molar-refractivity contribution in [2.24, 2.45) is 0 Å². The molecule has 0 amide bonds. The first-order valence-electron chi connectivity index (χ1n) is 8.84. The minimum Gasteiger partial charge on any atom is -0.486 e. The molecule has 4 rings (SSSR count). The van der Waals surface area contributed by atoms with Crippen LogP contribution >= 0.6 is 23.1 Å². The Bertz CT molecular complexity index is 1160. The second kappa shape index (κ2) is 8.15. The monoisotopic (exact) mass is 413 g/mol. The highest BCUT2D eigenvalue weighted by atomic mass is 32.2. The SMILES string of the molecule is CCn1c(COc2cccc(C)c2)nnc1SCc1cc(=O)n2ccsc2n1. The molecule has 7 nitrogen and oxygen atoms in total. The molecule has 0 N–H and O–H groups in total. The largest absolute Gasteiger partial charge is 0.486 e. The Morgan fingerprint density at radius 3 is 2.96 bits per heavy atom. The number of thioether (sulfide) groups is 1. The molecular formula is C19H19N5O2S2. The molecule has 0 atom stereocenters. The van der Waals surface area contributed by atoms with Crippen LogP contribution in [0.1, 0.15) is 24.0 Å². The summed E-state index contributed by atoms with van der Waals surface area (Å²) < 4.78 is 9.43. The molecule has 0 bridgehead atoms. The lowest BCUT2D eigenvalue weighted by Crippen LogP contribution is -2.12. The van der Waals surface area contributed by atoms with Gasteiger partial charge in [0.15, 0.2) is 15.9 Å². The standard InChI is InChI=1S/C19H19N5O2S2/c1-3-23-16(11-26-15-6-4-5-13(2)9-15)21-22-19(23)28-12-14-10-17(25)24-7-8-27-18(24)20-14/h4-10H,3,11-12H2,1-2H3. The van der Waals surface area contributed by atoms with Gasteiger partial charge in [0.2, 0.25) is 0 Å². The summed E-state index contributed by atoms with van der Waals surface area (Å²) in [6, 6.07) is 9.49. The Labute approximate surface area is 170 Å². The number of hydrogen-bond acceptors (Lipinski definition) is 7. The number of hydrogen-bond donors (Lipinski definition) is 0. The third kappa shape index (κ3) is 3.95. The first-order chi connectivity index (χ1) is 13.6. The summed E-state index contributed by atoms with van der Waals surface area (Å²) in [6.07, 6.45) is 1.74. The molecule has 0 aliphatic carbocycles. The highest BCUT2D eigenvalue weighted by molar-refractivity contribution is 7.98. The number of rotatable bonds is 7. The number of aromatic nitrogens is 5.